The third-order valence-electron chi connectivity index (χ3n) is 2.88. The number of fused-ring (bicyclic) bond motifs is 1. The smallest absolute Gasteiger partial charge is 0.155 e. The molecule has 102 valence electrons. The highest BCUT2D eigenvalue weighted by Gasteiger charge is 2.09. The number of thiazole rings is 1. The first-order valence-corrected chi connectivity index (χ1v) is 8.47. The summed E-state index contributed by atoms with van der Waals surface area (Å²) in [6.07, 6.45) is 0. The van der Waals surface area contributed by atoms with E-state index in [0.29, 0.717) is 0 Å². The molecule has 0 saturated carbocycles. The molecule has 2 nitrogen and oxygen atoms in total. The number of hydrogen-bond donors (Lipinski definition) is 0. The van der Waals surface area contributed by atoms with E-state index in [0.717, 1.165) is 25.0 Å². The Morgan fingerprint density at radius 3 is 2.90 bits per heavy atom. The average Bonchev–Trinajstić information content (AvgIpc) is 2.81. The van der Waals surface area contributed by atoms with Crippen LogP contribution in [0.4, 0.5) is 0 Å². The van der Waals surface area contributed by atoms with Crippen molar-refractivity contribution in [2.45, 2.75) is 16.2 Å². The molecule has 1 heterocycles. The second kappa shape index (κ2) is 5.76. The Morgan fingerprint density at radius 2 is 2.10 bits per heavy atom. The lowest BCUT2D eigenvalue weighted by Crippen LogP contribution is -1.82. The van der Waals surface area contributed by atoms with Crippen molar-refractivity contribution < 1.29 is 4.74 Å². The minimum absolute atomic E-state index is 0.870. The Bertz CT molecular complexity index is 770. The zero-order valence-corrected chi connectivity index (χ0v) is 14.2. The fourth-order valence-electron chi connectivity index (χ4n) is 1.94. The maximum absolute atomic E-state index is 5.25. The standard InChI is InChI=1S/C15H12BrNOS2/c1-9-6-10(16)7-13-14(9)17-15(20-13)19-12-5-3-4-11(8-12)18-2/h3-8H,1-2H3. The van der Waals surface area contributed by atoms with Gasteiger partial charge in [-0.25, -0.2) is 4.98 Å². The fraction of sp³-hybridized carbons (Fsp3) is 0.133. The normalized spacial score (nSPS) is 10.9. The number of nitrogens with zero attached hydrogens (tertiary/aromatic N) is 1. The van der Waals surface area contributed by atoms with E-state index in [9.17, 15) is 0 Å². The topological polar surface area (TPSA) is 22.1 Å². The number of aryl methyl sites for hydroxylation is 1. The van der Waals surface area contributed by atoms with Crippen LogP contribution in [-0.2, 0) is 0 Å². The molecule has 3 aromatic rings. The number of benzene rings is 2. The Balaban J connectivity index is 1.96. The highest BCUT2D eigenvalue weighted by atomic mass is 79.9. The van der Waals surface area contributed by atoms with Gasteiger partial charge in [0.25, 0.3) is 0 Å². The van der Waals surface area contributed by atoms with Crippen LogP contribution in [0.1, 0.15) is 5.56 Å². The lowest BCUT2D eigenvalue weighted by Gasteiger charge is -2.01. The van der Waals surface area contributed by atoms with Crippen LogP contribution in [0, 0.1) is 6.92 Å². The number of methoxy groups -OCH3 is 1. The first-order valence-electron chi connectivity index (χ1n) is 6.04. The van der Waals surface area contributed by atoms with E-state index >= 15 is 0 Å². The fourth-order valence-corrected chi connectivity index (χ4v) is 4.87. The van der Waals surface area contributed by atoms with Gasteiger partial charge in [0.05, 0.1) is 17.3 Å². The highest BCUT2D eigenvalue weighted by molar-refractivity contribution is 9.10. The maximum Gasteiger partial charge on any atom is 0.155 e. The molecule has 0 amide bonds. The molecule has 0 spiro atoms. The van der Waals surface area contributed by atoms with Crippen molar-refractivity contribution in [1.29, 1.82) is 0 Å². The molecule has 1 aromatic heterocycles. The van der Waals surface area contributed by atoms with Gasteiger partial charge in [-0.2, -0.15) is 0 Å². The third-order valence-corrected chi connectivity index (χ3v) is 5.39. The van der Waals surface area contributed by atoms with E-state index in [1.165, 1.54) is 10.3 Å². The van der Waals surface area contributed by atoms with E-state index in [4.69, 9.17) is 9.72 Å². The van der Waals surface area contributed by atoms with Gasteiger partial charge in [-0.15, -0.1) is 11.3 Å². The Labute approximate surface area is 134 Å². The second-order valence-corrected chi connectivity index (χ2v) is 7.60. The molecule has 0 aliphatic rings. The molecule has 0 atom stereocenters. The summed E-state index contributed by atoms with van der Waals surface area (Å²) in [6.45, 7) is 2.09. The molecule has 0 aliphatic carbocycles. The van der Waals surface area contributed by atoms with Crippen molar-refractivity contribution >= 4 is 49.2 Å². The predicted octanol–water partition coefficient (Wildman–Crippen LogP) is 5.53. The maximum atomic E-state index is 5.25. The first-order chi connectivity index (χ1) is 9.65. The monoisotopic (exact) mass is 365 g/mol. The molecule has 0 aliphatic heterocycles. The molecule has 0 fully saturated rings. The van der Waals surface area contributed by atoms with Crippen LogP contribution in [0.5, 0.6) is 5.75 Å². The van der Waals surface area contributed by atoms with E-state index in [2.05, 4.69) is 41.1 Å². The summed E-state index contributed by atoms with van der Waals surface area (Å²) in [4.78, 5) is 5.86. The summed E-state index contributed by atoms with van der Waals surface area (Å²) in [7, 11) is 1.68. The van der Waals surface area contributed by atoms with Gasteiger partial charge in [0.1, 0.15) is 5.75 Å². The summed E-state index contributed by atoms with van der Waals surface area (Å²) in [5, 5.41) is 0. The number of halogens is 1. The molecule has 0 radical (unpaired) electrons. The number of hydrogen-bond acceptors (Lipinski definition) is 4. The number of aromatic nitrogens is 1. The molecule has 2 aromatic carbocycles. The minimum Gasteiger partial charge on any atom is -0.497 e. The summed E-state index contributed by atoms with van der Waals surface area (Å²) in [5.74, 6) is 0.870. The van der Waals surface area contributed by atoms with E-state index in [-0.39, 0.29) is 0 Å². The van der Waals surface area contributed by atoms with Gasteiger partial charge >= 0.3 is 0 Å². The Morgan fingerprint density at radius 1 is 1.25 bits per heavy atom. The highest BCUT2D eigenvalue weighted by Crippen LogP contribution is 2.37. The molecule has 0 N–H and O–H groups in total. The molecule has 20 heavy (non-hydrogen) atoms. The van der Waals surface area contributed by atoms with Crippen molar-refractivity contribution in [3.63, 3.8) is 0 Å². The van der Waals surface area contributed by atoms with Gasteiger partial charge in [0.15, 0.2) is 4.34 Å². The molecule has 3 rings (SSSR count). The molecule has 0 saturated heterocycles. The molecule has 0 bridgehead atoms. The number of ether oxygens (including phenoxy) is 1. The second-order valence-electron chi connectivity index (χ2n) is 4.33. The van der Waals surface area contributed by atoms with Crippen molar-refractivity contribution in [1.82, 2.24) is 4.98 Å². The SMILES string of the molecule is COc1cccc(Sc2nc3c(C)cc(Br)cc3s2)c1. The van der Waals surface area contributed by atoms with Crippen LogP contribution in [0.2, 0.25) is 0 Å². The quantitative estimate of drug-likeness (QED) is 0.609. The average molecular weight is 366 g/mol. The first kappa shape index (κ1) is 13.9. The number of rotatable bonds is 3. The largest absolute Gasteiger partial charge is 0.497 e. The van der Waals surface area contributed by atoms with Crippen molar-refractivity contribution in [3.05, 3.63) is 46.4 Å². The Kier molecular flexibility index (Phi) is 4.01. The van der Waals surface area contributed by atoms with Crippen LogP contribution in [-0.4, -0.2) is 12.1 Å². The molecule has 0 unspecified atom stereocenters. The summed E-state index contributed by atoms with van der Waals surface area (Å²) in [6, 6.07) is 12.3. The lowest BCUT2D eigenvalue weighted by atomic mass is 10.2. The van der Waals surface area contributed by atoms with Gasteiger partial charge in [0, 0.05) is 9.37 Å². The van der Waals surface area contributed by atoms with Gasteiger partial charge < -0.3 is 4.74 Å². The molecular weight excluding hydrogens is 354 g/mol. The van der Waals surface area contributed by atoms with E-state index < -0.39 is 0 Å². The van der Waals surface area contributed by atoms with Crippen LogP contribution in [0.15, 0.2) is 50.1 Å². The van der Waals surface area contributed by atoms with Crippen molar-refractivity contribution in [2.24, 2.45) is 0 Å². The summed E-state index contributed by atoms with van der Waals surface area (Å²) >= 11 is 6.92. The van der Waals surface area contributed by atoms with Gasteiger partial charge in [-0.1, -0.05) is 33.8 Å². The van der Waals surface area contributed by atoms with Gasteiger partial charge in [-0.05, 0) is 42.8 Å². The summed E-state index contributed by atoms with van der Waals surface area (Å²) in [5.41, 5.74) is 2.28. The van der Waals surface area contributed by atoms with Crippen LogP contribution in [0.25, 0.3) is 10.2 Å². The molecular formula is C15H12BrNOS2. The minimum atomic E-state index is 0.870. The molecule has 5 heteroatoms. The van der Waals surface area contributed by atoms with Gasteiger partial charge in [-0.3, -0.25) is 0 Å². The van der Waals surface area contributed by atoms with Crippen LogP contribution >= 0.6 is 39.0 Å². The zero-order valence-electron chi connectivity index (χ0n) is 11.0. The zero-order chi connectivity index (χ0) is 14.1. The van der Waals surface area contributed by atoms with Gasteiger partial charge in [0.2, 0.25) is 0 Å². The summed E-state index contributed by atoms with van der Waals surface area (Å²) < 4.78 is 8.61. The lowest BCUT2D eigenvalue weighted by molar-refractivity contribution is 0.413. The van der Waals surface area contributed by atoms with Crippen molar-refractivity contribution in [3.8, 4) is 5.75 Å². The van der Waals surface area contributed by atoms with E-state index in [1.807, 2.05) is 18.2 Å². The van der Waals surface area contributed by atoms with Crippen LogP contribution < -0.4 is 4.74 Å². The third kappa shape index (κ3) is 2.85. The predicted molar refractivity (Wildman–Crippen MR) is 89.2 cm³/mol. The van der Waals surface area contributed by atoms with Crippen LogP contribution in [0.3, 0.4) is 0 Å². The Hall–Kier alpha value is -1.04. The van der Waals surface area contributed by atoms with E-state index in [1.54, 1.807) is 30.2 Å². The van der Waals surface area contributed by atoms with Crippen molar-refractivity contribution in [2.75, 3.05) is 7.11 Å².